The molecule has 3 aromatic carbocycles. The molecule has 4 aromatic rings. The van der Waals surface area contributed by atoms with Crippen LogP contribution in [0.5, 0.6) is 5.75 Å². The van der Waals surface area contributed by atoms with E-state index in [1.807, 2.05) is 73.7 Å². The lowest BCUT2D eigenvalue weighted by Gasteiger charge is -2.05. The molecule has 0 bridgehead atoms. The Kier molecular flexibility index (Phi) is 7.31. The fourth-order valence-electron chi connectivity index (χ4n) is 3.08. The quantitative estimate of drug-likeness (QED) is 0.105. The van der Waals surface area contributed by atoms with Crippen LogP contribution < -0.4 is 4.74 Å². The number of unbranched alkanes of at least 4 members (excludes halogenated alkanes) is 1. The van der Waals surface area contributed by atoms with E-state index in [9.17, 15) is 4.79 Å². The smallest absolute Gasteiger partial charge is 0.247 e. The van der Waals surface area contributed by atoms with Gasteiger partial charge in [-0.1, -0.05) is 53.4 Å². The van der Waals surface area contributed by atoms with E-state index in [1.54, 1.807) is 18.2 Å². The number of carbonyl (C=O) groups excluding carboxylic acids is 1. The summed E-state index contributed by atoms with van der Waals surface area (Å²) >= 11 is 0.973. The molecule has 162 valence electrons. The normalized spacial score (nSPS) is 11.8. The lowest BCUT2D eigenvalue weighted by Crippen LogP contribution is -1.99. The molecule has 0 spiro atoms. The number of hydrogen-bond acceptors (Lipinski definition) is 4. The number of nitrogens with zero attached hydrogens (tertiary/aromatic N) is 1. The van der Waals surface area contributed by atoms with Gasteiger partial charge < -0.3 is 9.15 Å². The van der Waals surface area contributed by atoms with Crippen molar-refractivity contribution in [3.63, 3.8) is 0 Å². The van der Waals surface area contributed by atoms with Gasteiger partial charge in [0.15, 0.2) is 11.4 Å². The molecule has 1 heterocycles. The fraction of sp³-hybridized carbons (Fsp3) is 0.148. The molecule has 0 N–H and O–H groups in total. The minimum Gasteiger partial charge on any atom is -0.494 e. The number of fused-ring (bicyclic) bond motifs is 1. The highest BCUT2D eigenvalue weighted by Gasteiger charge is 2.03. The number of hydrogen-bond donors (Lipinski definition) is 1. The first-order valence-corrected chi connectivity index (χ1v) is 11.5. The van der Waals surface area contributed by atoms with Crippen LogP contribution in [0.15, 0.2) is 88.5 Å². The molecule has 32 heavy (non-hydrogen) atoms. The van der Waals surface area contributed by atoms with Crippen LogP contribution in [-0.2, 0) is 0 Å². The van der Waals surface area contributed by atoms with Crippen LogP contribution in [0.3, 0.4) is 0 Å². The van der Waals surface area contributed by atoms with Gasteiger partial charge >= 0.3 is 0 Å². The van der Waals surface area contributed by atoms with Crippen molar-refractivity contribution >= 4 is 39.7 Å². The average molecular weight is 444 g/mol. The first-order chi connectivity index (χ1) is 15.7. The summed E-state index contributed by atoms with van der Waals surface area (Å²) in [6.07, 6.45) is 5.24. The number of ketones is 1. The maximum Gasteiger partial charge on any atom is 0.247 e. The van der Waals surface area contributed by atoms with Crippen molar-refractivity contribution in [1.29, 1.82) is 0 Å². The molecule has 0 radical (unpaired) electrons. The number of ether oxygens (including phenoxy) is 1. The Hall–Kier alpha value is -3.44. The topological polar surface area (TPSA) is 52.3 Å². The number of aryl methyl sites for hydroxylation is 1. The van der Waals surface area contributed by atoms with Gasteiger partial charge in [-0.3, -0.25) is 4.79 Å². The molecule has 0 atom stereocenters. The predicted molar refractivity (Wildman–Crippen MR) is 133 cm³/mol. The zero-order chi connectivity index (χ0) is 22.2. The molecule has 0 aliphatic rings. The second-order valence-corrected chi connectivity index (χ2v) is 8.41. The first-order valence-electron chi connectivity index (χ1n) is 10.6. The maximum absolute atomic E-state index is 12.4. The van der Waals surface area contributed by atoms with Crippen molar-refractivity contribution in [3.8, 4) is 5.75 Å². The summed E-state index contributed by atoms with van der Waals surface area (Å²) in [4.78, 5) is 16.8. The van der Waals surface area contributed by atoms with Gasteiger partial charge in [0, 0.05) is 5.56 Å². The van der Waals surface area contributed by atoms with Crippen molar-refractivity contribution in [2.45, 2.75) is 25.0 Å². The summed E-state index contributed by atoms with van der Waals surface area (Å²) in [5.41, 5.74) is 4.56. The zero-order valence-electron chi connectivity index (χ0n) is 17.9. The molecule has 4 nitrogen and oxygen atoms in total. The van der Waals surface area contributed by atoms with Crippen LogP contribution in [0, 0.1) is 6.92 Å². The third-order valence-electron chi connectivity index (χ3n) is 4.87. The highest BCUT2D eigenvalue weighted by molar-refractivity contribution is 7.97. The van der Waals surface area contributed by atoms with Gasteiger partial charge in [0.05, 0.1) is 6.61 Å². The van der Waals surface area contributed by atoms with Gasteiger partial charge in [0.1, 0.15) is 11.3 Å². The van der Waals surface area contributed by atoms with E-state index in [2.05, 4.69) is 10.4 Å². The molecule has 0 amide bonds. The van der Waals surface area contributed by atoms with E-state index in [0.717, 1.165) is 46.6 Å². The number of carbonyl (C=O) groups is 1. The molecular formula is C27H25NO3S. The Balaban J connectivity index is 1.20. The van der Waals surface area contributed by atoms with Gasteiger partial charge in [-0.05, 0) is 67.8 Å². The van der Waals surface area contributed by atoms with Crippen LogP contribution in [-0.4, -0.2) is 22.7 Å². The lowest BCUT2D eigenvalue weighted by molar-refractivity contribution is 0.104. The zero-order valence-corrected chi connectivity index (χ0v) is 18.8. The Labute approximate surface area is 191 Å². The molecule has 4 rings (SSSR count). The van der Waals surface area contributed by atoms with Crippen molar-refractivity contribution < 1.29 is 13.9 Å². The predicted octanol–water partition coefficient (Wildman–Crippen LogP) is 6.52. The Morgan fingerprint density at radius 1 is 1.03 bits per heavy atom. The molecule has 0 aliphatic heterocycles. The van der Waals surface area contributed by atoms with E-state index < -0.39 is 0 Å². The number of aromatic nitrogens is 1. The van der Waals surface area contributed by atoms with Gasteiger partial charge in [0.25, 0.3) is 0 Å². The molecule has 1 aromatic heterocycles. The molecule has 0 saturated carbocycles. The SMILES string of the molecule is Cc1ccc(/C=C/C(=O)c2ccc(OCCCC=[SH]c3nc4ccccc4o3)cc2)cc1. The summed E-state index contributed by atoms with van der Waals surface area (Å²) in [6, 6.07) is 23.1. The molecule has 0 aliphatic carbocycles. The van der Waals surface area contributed by atoms with E-state index in [4.69, 9.17) is 9.15 Å². The molecule has 0 unspecified atom stereocenters. The second-order valence-electron chi connectivity index (χ2n) is 7.40. The van der Waals surface area contributed by atoms with Crippen LogP contribution in [0.25, 0.3) is 17.2 Å². The average Bonchev–Trinajstić information content (AvgIpc) is 3.24. The van der Waals surface area contributed by atoms with Gasteiger partial charge in [0.2, 0.25) is 5.22 Å². The van der Waals surface area contributed by atoms with Gasteiger partial charge in [-0.15, -0.1) is 11.4 Å². The van der Waals surface area contributed by atoms with Gasteiger partial charge in [-0.2, -0.15) is 0 Å². The summed E-state index contributed by atoms with van der Waals surface area (Å²) in [7, 11) is 0. The number of allylic oxidation sites excluding steroid dienone is 1. The Bertz CT molecular complexity index is 1210. The van der Waals surface area contributed by atoms with Crippen molar-refractivity contribution in [2.24, 2.45) is 0 Å². The highest BCUT2D eigenvalue weighted by atomic mass is 32.1. The lowest BCUT2D eigenvalue weighted by atomic mass is 10.1. The van der Waals surface area contributed by atoms with E-state index in [0.29, 0.717) is 17.4 Å². The van der Waals surface area contributed by atoms with E-state index in [1.165, 1.54) is 5.56 Å². The maximum atomic E-state index is 12.4. The largest absolute Gasteiger partial charge is 0.494 e. The Morgan fingerprint density at radius 3 is 2.59 bits per heavy atom. The summed E-state index contributed by atoms with van der Waals surface area (Å²) in [6.45, 7) is 2.65. The minimum absolute atomic E-state index is 0.0232. The molecule has 0 saturated heterocycles. The summed E-state index contributed by atoms with van der Waals surface area (Å²) in [5.74, 6) is 0.741. The second kappa shape index (κ2) is 10.7. The first kappa shape index (κ1) is 21.8. The molecule has 5 heteroatoms. The highest BCUT2D eigenvalue weighted by Crippen LogP contribution is 2.19. The summed E-state index contributed by atoms with van der Waals surface area (Å²) < 4.78 is 11.5. The number of benzene rings is 3. The number of para-hydroxylation sites is 2. The van der Waals surface area contributed by atoms with Crippen molar-refractivity contribution in [2.75, 3.05) is 6.61 Å². The third-order valence-corrected chi connectivity index (χ3v) is 5.73. The van der Waals surface area contributed by atoms with E-state index >= 15 is 0 Å². The van der Waals surface area contributed by atoms with Gasteiger partial charge in [-0.25, -0.2) is 4.98 Å². The number of rotatable bonds is 9. The summed E-state index contributed by atoms with van der Waals surface area (Å²) in [5, 5.41) is 2.85. The molecular weight excluding hydrogens is 418 g/mol. The fourth-order valence-corrected chi connectivity index (χ4v) is 3.87. The number of thiol groups is 1. The molecule has 0 fully saturated rings. The van der Waals surface area contributed by atoms with Crippen LogP contribution in [0.2, 0.25) is 0 Å². The van der Waals surface area contributed by atoms with Crippen molar-refractivity contribution in [3.05, 3.63) is 95.6 Å². The van der Waals surface area contributed by atoms with Crippen LogP contribution in [0.4, 0.5) is 0 Å². The standard InChI is InChI=1S/C27H25NO3S/c1-20-8-10-21(11-9-20)12-17-25(29)22-13-15-23(16-14-22)30-18-4-5-19-32-27-28-24-6-2-3-7-26(24)31-27/h2-3,6-17,19,32H,4-5,18H2,1H3/b17-12+. The van der Waals surface area contributed by atoms with E-state index in [-0.39, 0.29) is 5.78 Å². The monoisotopic (exact) mass is 443 g/mol. The van der Waals surface area contributed by atoms with Crippen LogP contribution in [0.1, 0.15) is 34.3 Å². The Morgan fingerprint density at radius 2 is 1.81 bits per heavy atom. The number of oxazole rings is 1. The van der Waals surface area contributed by atoms with Crippen LogP contribution >= 0.6 is 11.4 Å². The minimum atomic E-state index is -0.0232. The third kappa shape index (κ3) is 6.05. The van der Waals surface area contributed by atoms with Crippen molar-refractivity contribution in [1.82, 2.24) is 4.98 Å².